The van der Waals surface area contributed by atoms with Crippen molar-refractivity contribution in [3.63, 3.8) is 0 Å². The predicted octanol–water partition coefficient (Wildman–Crippen LogP) is 3.16. The molecular formula is C11H13ClO4. The van der Waals surface area contributed by atoms with Crippen LogP contribution in [-0.2, 0) is 14.8 Å². The highest BCUT2D eigenvalue weighted by molar-refractivity contribution is 6.30. The zero-order valence-corrected chi connectivity index (χ0v) is 10.1. The molecule has 1 aromatic carbocycles. The van der Waals surface area contributed by atoms with E-state index in [9.17, 15) is 4.79 Å². The third kappa shape index (κ3) is 4.61. The number of carbonyl (C=O) groups is 1. The lowest BCUT2D eigenvalue weighted by Gasteiger charge is -2.15. The Hall–Kier alpha value is -1.10. The van der Waals surface area contributed by atoms with Crippen LogP contribution in [0.3, 0.4) is 0 Å². The van der Waals surface area contributed by atoms with Gasteiger partial charge in [0.05, 0.1) is 11.2 Å². The molecular weight excluding hydrogens is 232 g/mol. The lowest BCUT2D eigenvalue weighted by atomic mass is 10.2. The molecule has 1 aromatic rings. The van der Waals surface area contributed by atoms with E-state index in [1.165, 1.54) is 12.1 Å². The molecule has 0 aromatic heterocycles. The predicted molar refractivity (Wildman–Crippen MR) is 58.8 cm³/mol. The molecule has 0 N–H and O–H groups in total. The van der Waals surface area contributed by atoms with E-state index in [1.54, 1.807) is 32.9 Å². The van der Waals surface area contributed by atoms with Crippen LogP contribution in [0.1, 0.15) is 31.1 Å². The topological polar surface area (TPSA) is 44.8 Å². The van der Waals surface area contributed by atoms with E-state index >= 15 is 0 Å². The zero-order chi connectivity index (χ0) is 12.2. The highest BCUT2D eigenvalue weighted by Crippen LogP contribution is 2.12. The molecule has 88 valence electrons. The second-order valence-electron chi connectivity index (χ2n) is 4.14. The van der Waals surface area contributed by atoms with Gasteiger partial charge in [-0.1, -0.05) is 11.6 Å². The number of benzene rings is 1. The van der Waals surface area contributed by atoms with Crippen LogP contribution in [0.5, 0.6) is 0 Å². The average molecular weight is 245 g/mol. The Kier molecular flexibility index (Phi) is 4.29. The molecule has 0 amide bonds. The summed E-state index contributed by atoms with van der Waals surface area (Å²) in [4.78, 5) is 20.6. The molecule has 1 rings (SSSR count). The van der Waals surface area contributed by atoms with E-state index in [0.717, 1.165) is 0 Å². The largest absolute Gasteiger partial charge is 0.376 e. The van der Waals surface area contributed by atoms with Crippen LogP contribution >= 0.6 is 11.6 Å². The molecule has 16 heavy (non-hydrogen) atoms. The van der Waals surface area contributed by atoms with Gasteiger partial charge in [0.25, 0.3) is 0 Å². The van der Waals surface area contributed by atoms with Crippen molar-refractivity contribution < 1.29 is 19.6 Å². The van der Waals surface area contributed by atoms with Crippen LogP contribution < -0.4 is 0 Å². The minimum atomic E-state index is -0.638. The highest BCUT2D eigenvalue weighted by Gasteiger charge is 2.15. The van der Waals surface area contributed by atoms with Gasteiger partial charge in [-0.25, -0.2) is 4.79 Å². The average Bonchev–Trinajstić information content (AvgIpc) is 2.16. The van der Waals surface area contributed by atoms with Gasteiger partial charge in [-0.2, -0.15) is 4.89 Å². The Morgan fingerprint density at radius 2 is 1.75 bits per heavy atom. The smallest absolute Gasteiger partial charge is 0.263 e. The minimum Gasteiger partial charge on any atom is -0.263 e. The molecule has 0 aliphatic carbocycles. The van der Waals surface area contributed by atoms with Gasteiger partial charge in [0.1, 0.15) is 0 Å². The van der Waals surface area contributed by atoms with Gasteiger partial charge in [0.2, 0.25) is 0 Å². The Labute approximate surface area is 98.9 Å². The van der Waals surface area contributed by atoms with Crippen molar-refractivity contribution in [2.75, 3.05) is 0 Å². The summed E-state index contributed by atoms with van der Waals surface area (Å²) in [7, 11) is 0. The molecule has 0 aliphatic rings. The maximum absolute atomic E-state index is 11.4. The summed E-state index contributed by atoms with van der Waals surface area (Å²) in [6.45, 7) is 5.30. The van der Waals surface area contributed by atoms with Crippen molar-refractivity contribution in [1.29, 1.82) is 0 Å². The zero-order valence-electron chi connectivity index (χ0n) is 9.32. The van der Waals surface area contributed by atoms with Crippen molar-refractivity contribution >= 4 is 17.6 Å². The monoisotopic (exact) mass is 244 g/mol. The van der Waals surface area contributed by atoms with Crippen molar-refractivity contribution in [2.45, 2.75) is 26.4 Å². The third-order valence-electron chi connectivity index (χ3n) is 1.47. The van der Waals surface area contributed by atoms with Crippen LogP contribution in [0.15, 0.2) is 24.3 Å². The fraction of sp³-hybridized carbons (Fsp3) is 0.364. The van der Waals surface area contributed by atoms with E-state index in [4.69, 9.17) is 16.5 Å². The normalized spacial score (nSPS) is 11.2. The molecule has 0 heterocycles. The van der Waals surface area contributed by atoms with Crippen LogP contribution in [0.2, 0.25) is 5.02 Å². The Morgan fingerprint density at radius 3 is 2.25 bits per heavy atom. The number of halogens is 1. The first-order valence-electron chi connectivity index (χ1n) is 4.71. The molecule has 5 heteroatoms. The molecule has 0 fully saturated rings. The first-order chi connectivity index (χ1) is 7.38. The fourth-order valence-electron chi connectivity index (χ4n) is 0.784. The molecule has 0 saturated heterocycles. The third-order valence-corrected chi connectivity index (χ3v) is 1.73. The lowest BCUT2D eigenvalue weighted by molar-refractivity contribution is -0.510. The summed E-state index contributed by atoms with van der Waals surface area (Å²) in [5.74, 6) is -0.638. The van der Waals surface area contributed by atoms with E-state index in [1.807, 2.05) is 0 Å². The van der Waals surface area contributed by atoms with Crippen LogP contribution in [-0.4, -0.2) is 11.6 Å². The second-order valence-corrected chi connectivity index (χ2v) is 4.58. The second kappa shape index (κ2) is 5.30. The van der Waals surface area contributed by atoms with E-state index in [2.05, 4.69) is 9.93 Å². The summed E-state index contributed by atoms with van der Waals surface area (Å²) in [6, 6.07) is 6.24. The molecule has 0 saturated carbocycles. The molecule has 4 nitrogen and oxygen atoms in total. The van der Waals surface area contributed by atoms with Crippen molar-refractivity contribution in [3.05, 3.63) is 34.9 Å². The standard InChI is InChI=1S/C11H13ClO4/c1-11(2,3)15-16-14-10(13)8-4-6-9(12)7-5-8/h4-7H,1-3H3. The number of hydrogen-bond acceptors (Lipinski definition) is 4. The van der Waals surface area contributed by atoms with Gasteiger partial charge >= 0.3 is 5.97 Å². The summed E-state index contributed by atoms with van der Waals surface area (Å²) in [6.07, 6.45) is 0. The number of hydrogen-bond donors (Lipinski definition) is 0. The molecule has 0 unspecified atom stereocenters. The van der Waals surface area contributed by atoms with Crippen molar-refractivity contribution in [3.8, 4) is 0 Å². The minimum absolute atomic E-state index is 0.335. The number of rotatable bonds is 3. The molecule has 0 spiro atoms. The van der Waals surface area contributed by atoms with Gasteiger partial charge in [-0.05, 0) is 50.1 Å². The first-order valence-corrected chi connectivity index (χ1v) is 5.08. The summed E-state index contributed by atoms with van der Waals surface area (Å²) in [5.41, 5.74) is -0.206. The maximum Gasteiger partial charge on any atom is 0.376 e. The molecule has 0 aliphatic heterocycles. The van der Waals surface area contributed by atoms with Crippen LogP contribution in [0.4, 0.5) is 0 Å². The van der Waals surface area contributed by atoms with Crippen molar-refractivity contribution in [2.24, 2.45) is 0 Å². The van der Waals surface area contributed by atoms with Gasteiger partial charge < -0.3 is 0 Å². The van der Waals surface area contributed by atoms with E-state index in [-0.39, 0.29) is 0 Å². The Balaban J connectivity index is 2.44. The Morgan fingerprint density at radius 1 is 1.19 bits per heavy atom. The SMILES string of the molecule is CC(C)(C)OOOC(=O)c1ccc(Cl)cc1. The fourth-order valence-corrected chi connectivity index (χ4v) is 0.910. The summed E-state index contributed by atoms with van der Waals surface area (Å²) >= 11 is 5.67. The van der Waals surface area contributed by atoms with Gasteiger partial charge in [0, 0.05) is 5.02 Å². The summed E-state index contributed by atoms with van der Waals surface area (Å²) < 4.78 is 0. The first kappa shape index (κ1) is 13.0. The van der Waals surface area contributed by atoms with Crippen LogP contribution in [0.25, 0.3) is 0 Å². The Bertz CT molecular complexity index is 353. The van der Waals surface area contributed by atoms with E-state index in [0.29, 0.717) is 10.6 Å². The highest BCUT2D eigenvalue weighted by atomic mass is 35.5. The molecule has 0 atom stereocenters. The van der Waals surface area contributed by atoms with Gasteiger partial charge in [-0.15, -0.1) is 0 Å². The van der Waals surface area contributed by atoms with Gasteiger partial charge in [0.15, 0.2) is 0 Å². The molecule has 0 bridgehead atoms. The van der Waals surface area contributed by atoms with Crippen molar-refractivity contribution in [1.82, 2.24) is 0 Å². The maximum atomic E-state index is 11.4. The quantitative estimate of drug-likeness (QED) is 0.605. The van der Waals surface area contributed by atoms with E-state index < -0.39 is 11.6 Å². The van der Waals surface area contributed by atoms with Crippen LogP contribution in [0, 0.1) is 0 Å². The summed E-state index contributed by atoms with van der Waals surface area (Å²) in [5, 5.41) is 4.91. The number of carbonyl (C=O) groups excluding carboxylic acids is 1. The van der Waals surface area contributed by atoms with Gasteiger partial charge in [-0.3, -0.25) is 4.89 Å². The lowest BCUT2D eigenvalue weighted by Crippen LogP contribution is -2.20. The molecule has 0 radical (unpaired) electrons.